The lowest BCUT2D eigenvalue weighted by Gasteiger charge is -2.19. The Kier molecular flexibility index (Phi) is 100. The molecule has 94 heavy (non-hydrogen) atoms. The van der Waals surface area contributed by atoms with Crippen molar-refractivity contribution in [3.63, 3.8) is 0 Å². The zero-order valence-corrected chi connectivity index (χ0v) is 64.7. The third-order valence-corrected chi connectivity index (χ3v) is 16.3. The van der Waals surface area contributed by atoms with Crippen LogP contribution < -0.4 is 10.6 Å². The molecule has 0 aliphatic carbocycles. The Balaban J connectivity index is -0.000000794. The van der Waals surface area contributed by atoms with E-state index in [2.05, 4.69) is 66.0 Å². The lowest BCUT2D eigenvalue weighted by molar-refractivity contribution is -0.0469. The third-order valence-electron chi connectivity index (χ3n) is 16.3. The van der Waals surface area contributed by atoms with Crippen molar-refractivity contribution in [1.82, 2.24) is 10.6 Å². The highest BCUT2D eigenvalue weighted by Gasteiger charge is 2.15. The zero-order chi connectivity index (χ0) is 69.5. The molecule has 0 aromatic carbocycles. The number of unbranched alkanes of at least 4 members (excludes halogenated alkanes) is 44. The van der Waals surface area contributed by atoms with Gasteiger partial charge in [0.15, 0.2) is 0 Å². The molecule has 0 aliphatic heterocycles. The first-order chi connectivity index (χ1) is 46.3. The minimum atomic E-state index is -0.444. The number of nitrogens with one attached hydrogen (secondary N) is 2. The van der Waals surface area contributed by atoms with Crippen molar-refractivity contribution < 1.29 is 57.0 Å². The summed E-state index contributed by atoms with van der Waals surface area (Å²) in [6, 6.07) is 0. The van der Waals surface area contributed by atoms with Crippen molar-refractivity contribution in [2.24, 2.45) is 0 Å². The van der Waals surface area contributed by atoms with Crippen LogP contribution in [0.2, 0.25) is 0 Å². The summed E-state index contributed by atoms with van der Waals surface area (Å²) in [5, 5.41) is 5.56. The van der Waals surface area contributed by atoms with E-state index in [1.54, 1.807) is 14.2 Å². The molecule has 0 radical (unpaired) electrons. The van der Waals surface area contributed by atoms with E-state index in [1.807, 2.05) is 0 Å². The molecule has 2 amide bonds. The Hall–Kier alpha value is -1.78. The van der Waals surface area contributed by atoms with Crippen LogP contribution in [0.15, 0.2) is 0 Å². The van der Waals surface area contributed by atoms with Crippen LogP contribution in [0, 0.1) is 0 Å². The molecule has 0 bridgehead atoms. The SMILES string of the molecule is CCC.CCC.CCCCCCCCCCCCCCOC[C@H](CNC(=O)OCCOCCOC)OCCCCCCCCCCCCCC.CCCCCCCCCCCCCCOC[C@H](COC(=O)NCCOCCOC)OCCCCCCCCCCCCCC. The molecule has 0 unspecified atom stereocenters. The minimum absolute atomic E-state index is 0.162. The summed E-state index contributed by atoms with van der Waals surface area (Å²) >= 11 is 0. The molecule has 0 rings (SSSR count). The van der Waals surface area contributed by atoms with Crippen LogP contribution in [0.1, 0.15) is 376 Å². The largest absolute Gasteiger partial charge is 0.447 e. The Morgan fingerprint density at radius 3 is 0.851 bits per heavy atom. The van der Waals surface area contributed by atoms with Crippen molar-refractivity contribution in [2.45, 2.75) is 389 Å². The van der Waals surface area contributed by atoms with Gasteiger partial charge in [-0.3, -0.25) is 0 Å². The number of hydrogen-bond acceptors (Lipinski definition) is 12. The van der Waals surface area contributed by atoms with Gasteiger partial charge in [0.25, 0.3) is 0 Å². The molecule has 14 heteroatoms. The van der Waals surface area contributed by atoms with Crippen LogP contribution in [-0.2, 0) is 47.4 Å². The summed E-state index contributed by atoms with van der Waals surface area (Å²) in [4.78, 5) is 24.2. The summed E-state index contributed by atoms with van der Waals surface area (Å²) in [7, 11) is 3.27. The van der Waals surface area contributed by atoms with E-state index < -0.39 is 12.2 Å². The van der Waals surface area contributed by atoms with Crippen molar-refractivity contribution in [3.8, 4) is 0 Å². The minimum Gasteiger partial charge on any atom is -0.447 e. The number of rotatable bonds is 74. The molecule has 0 heterocycles. The van der Waals surface area contributed by atoms with Crippen molar-refractivity contribution in [3.05, 3.63) is 0 Å². The average molecular weight is 1350 g/mol. The fraction of sp³-hybridized carbons (Fsp3) is 0.975. The van der Waals surface area contributed by atoms with Gasteiger partial charge < -0.3 is 58.0 Å². The lowest BCUT2D eigenvalue weighted by Crippen LogP contribution is -2.37. The summed E-state index contributed by atoms with van der Waals surface area (Å²) in [6.07, 6.45) is 65.0. The Labute approximate surface area is 585 Å². The molecule has 2 atom stereocenters. The van der Waals surface area contributed by atoms with E-state index in [0.717, 1.165) is 38.9 Å². The number of ether oxygens (including phenoxy) is 10. The van der Waals surface area contributed by atoms with Crippen molar-refractivity contribution in [1.29, 1.82) is 0 Å². The predicted octanol–water partition coefficient (Wildman–Crippen LogP) is 23.2. The van der Waals surface area contributed by atoms with E-state index in [1.165, 1.54) is 295 Å². The first-order valence-electron chi connectivity index (χ1n) is 40.6. The molecular formula is C80H166N2O12. The molecule has 0 fully saturated rings. The molecule has 0 saturated carbocycles. The van der Waals surface area contributed by atoms with Gasteiger partial charge in [-0.05, 0) is 25.7 Å². The lowest BCUT2D eigenvalue weighted by atomic mass is 10.1. The Bertz CT molecular complexity index is 1230. The second-order valence-corrected chi connectivity index (χ2v) is 26.4. The van der Waals surface area contributed by atoms with Crippen molar-refractivity contribution in [2.75, 3.05) is 120 Å². The Morgan fingerprint density at radius 1 is 0.255 bits per heavy atom. The number of carbonyl (C=O) groups is 2. The van der Waals surface area contributed by atoms with E-state index in [9.17, 15) is 9.59 Å². The molecule has 0 spiro atoms. The third kappa shape index (κ3) is 96.6. The maximum atomic E-state index is 12.1. The maximum Gasteiger partial charge on any atom is 0.407 e. The molecule has 14 nitrogen and oxygen atoms in total. The number of alkyl carbamates (subject to hydrolysis) is 2. The first-order valence-corrected chi connectivity index (χ1v) is 40.6. The van der Waals surface area contributed by atoms with Crippen LogP contribution >= 0.6 is 0 Å². The fourth-order valence-electron chi connectivity index (χ4n) is 10.6. The van der Waals surface area contributed by atoms with Gasteiger partial charge in [0.1, 0.15) is 19.3 Å². The van der Waals surface area contributed by atoms with Crippen LogP contribution in [0.25, 0.3) is 0 Å². The highest BCUT2D eigenvalue weighted by molar-refractivity contribution is 5.67. The highest BCUT2D eigenvalue weighted by Crippen LogP contribution is 2.17. The van der Waals surface area contributed by atoms with Gasteiger partial charge in [-0.15, -0.1) is 0 Å². The van der Waals surface area contributed by atoms with Gasteiger partial charge in [0.05, 0.1) is 59.0 Å². The van der Waals surface area contributed by atoms with Crippen LogP contribution in [0.5, 0.6) is 0 Å². The van der Waals surface area contributed by atoms with Gasteiger partial charge in [-0.1, -0.05) is 351 Å². The summed E-state index contributed by atoms with van der Waals surface area (Å²) in [5.74, 6) is 0. The topological polar surface area (TPSA) is 150 Å². The van der Waals surface area contributed by atoms with Gasteiger partial charge in [-0.25, -0.2) is 9.59 Å². The Morgan fingerprint density at radius 2 is 0.521 bits per heavy atom. The van der Waals surface area contributed by atoms with E-state index >= 15 is 0 Å². The quantitative estimate of drug-likeness (QED) is 0.0558. The maximum absolute atomic E-state index is 12.1. The highest BCUT2D eigenvalue weighted by atomic mass is 16.6. The van der Waals surface area contributed by atoms with E-state index in [0.29, 0.717) is 79.2 Å². The summed E-state index contributed by atoms with van der Waals surface area (Å²) in [6.45, 7) is 25.5. The molecule has 568 valence electrons. The van der Waals surface area contributed by atoms with Gasteiger partial charge in [0.2, 0.25) is 0 Å². The van der Waals surface area contributed by atoms with Crippen LogP contribution in [0.3, 0.4) is 0 Å². The van der Waals surface area contributed by atoms with E-state index in [4.69, 9.17) is 47.4 Å². The number of methoxy groups -OCH3 is 2. The predicted molar refractivity (Wildman–Crippen MR) is 401 cm³/mol. The number of hydrogen-bond donors (Lipinski definition) is 2. The molecular weight excluding hydrogens is 1180 g/mol. The molecule has 0 aromatic rings. The van der Waals surface area contributed by atoms with Crippen LogP contribution in [0.4, 0.5) is 9.59 Å². The summed E-state index contributed by atoms with van der Waals surface area (Å²) in [5.41, 5.74) is 0. The first kappa shape index (κ1) is 98.6. The molecule has 2 N–H and O–H groups in total. The van der Waals surface area contributed by atoms with Gasteiger partial charge in [-0.2, -0.15) is 0 Å². The number of carbonyl (C=O) groups excluding carboxylic acids is 2. The fourth-order valence-corrected chi connectivity index (χ4v) is 10.6. The standard InChI is InChI=1S/2C37H75NO6.2C3H8/c1-4-6-8-10-12-14-16-18-20-22-24-26-29-42-34-36(35-44-37(39)38-28-31-41-33-32-40-3)43-30-27-25-23-21-19-17-15-13-11-9-7-5-2;1-4-6-8-10-12-14-16-18-20-22-24-26-28-42-35-36(34-38-37(39)44-33-32-41-31-30-40-3)43-29-27-25-23-21-19-17-15-13-11-9-7-5-2;2*1-3-2/h2*36H,4-35H2,1-3H3,(H,38,39);2*3H2,1-2H3/t2*36-;;/m10../s1. The van der Waals surface area contributed by atoms with Gasteiger partial charge >= 0.3 is 12.2 Å². The zero-order valence-electron chi connectivity index (χ0n) is 64.7. The van der Waals surface area contributed by atoms with Crippen LogP contribution in [-0.4, -0.2) is 144 Å². The molecule has 0 saturated heterocycles. The monoisotopic (exact) mass is 1350 g/mol. The average Bonchev–Trinajstić information content (AvgIpc) is 3.71. The van der Waals surface area contributed by atoms with E-state index in [-0.39, 0.29) is 25.4 Å². The second-order valence-electron chi connectivity index (χ2n) is 26.4. The second kappa shape index (κ2) is 95.4. The molecule has 0 aromatic heterocycles. The normalized spacial score (nSPS) is 11.7. The number of amides is 2. The van der Waals surface area contributed by atoms with Crippen molar-refractivity contribution >= 4 is 12.2 Å². The molecule has 0 aliphatic rings. The van der Waals surface area contributed by atoms with Gasteiger partial charge in [0, 0.05) is 53.7 Å². The summed E-state index contributed by atoms with van der Waals surface area (Å²) < 4.78 is 55.4. The smallest absolute Gasteiger partial charge is 0.407 e.